The molecule has 2 aromatic heterocycles. The van der Waals surface area contributed by atoms with E-state index in [0.29, 0.717) is 21.9 Å². The standard InChI is InChI=1S/C24H32N4O10S2/c1-8-40-24(28-11-27-18-22(28)25-10-26-23(18)39-7)21(38-16(6)33)20(37-15(5)32)19(36-14(4)31)17(35-13(3)30)9-34-12(2)29/h10-11,17,19-21,24H,8-9H2,1-7H3. The summed E-state index contributed by atoms with van der Waals surface area (Å²) in [7, 11) is 0. The van der Waals surface area contributed by atoms with Crippen LogP contribution in [0.15, 0.2) is 17.7 Å². The molecule has 0 spiro atoms. The van der Waals surface area contributed by atoms with Gasteiger partial charge in [-0.05, 0) is 12.0 Å². The highest BCUT2D eigenvalue weighted by Gasteiger charge is 2.47. The summed E-state index contributed by atoms with van der Waals surface area (Å²) in [6.07, 6.45) is -1.17. The van der Waals surface area contributed by atoms with Gasteiger partial charge in [0.05, 0.1) is 6.33 Å². The van der Waals surface area contributed by atoms with Crippen molar-refractivity contribution in [1.29, 1.82) is 0 Å². The largest absolute Gasteiger partial charge is 0.462 e. The van der Waals surface area contributed by atoms with E-state index in [0.717, 1.165) is 34.6 Å². The molecule has 5 unspecified atom stereocenters. The molecule has 0 aliphatic rings. The van der Waals surface area contributed by atoms with Crippen molar-refractivity contribution in [2.75, 3.05) is 18.6 Å². The number of rotatable bonds is 14. The zero-order chi connectivity index (χ0) is 30.0. The molecular weight excluding hydrogens is 568 g/mol. The van der Waals surface area contributed by atoms with Crippen molar-refractivity contribution in [3.63, 3.8) is 0 Å². The molecule has 0 aliphatic carbocycles. The first-order valence-corrected chi connectivity index (χ1v) is 14.3. The van der Waals surface area contributed by atoms with Crippen molar-refractivity contribution in [3.05, 3.63) is 12.7 Å². The number of carbonyl (C=O) groups excluding carboxylic acids is 5. The van der Waals surface area contributed by atoms with Crippen LogP contribution in [-0.2, 0) is 47.7 Å². The van der Waals surface area contributed by atoms with E-state index in [1.165, 1.54) is 36.2 Å². The molecule has 0 radical (unpaired) electrons. The van der Waals surface area contributed by atoms with Gasteiger partial charge in [-0.1, -0.05) is 6.92 Å². The van der Waals surface area contributed by atoms with E-state index >= 15 is 0 Å². The summed E-state index contributed by atoms with van der Waals surface area (Å²) in [6, 6.07) is 0. The van der Waals surface area contributed by atoms with Gasteiger partial charge in [-0.2, -0.15) is 0 Å². The van der Waals surface area contributed by atoms with E-state index in [4.69, 9.17) is 23.7 Å². The van der Waals surface area contributed by atoms with Crippen molar-refractivity contribution in [2.45, 2.75) is 76.4 Å². The number of imidazole rings is 1. The van der Waals surface area contributed by atoms with Crippen LogP contribution in [0, 0.1) is 0 Å². The molecule has 2 rings (SSSR count). The first kappa shape index (κ1) is 32.8. The molecule has 16 heteroatoms. The Morgan fingerprint density at radius 2 is 1.38 bits per heavy atom. The van der Waals surface area contributed by atoms with E-state index < -0.39 is 66.2 Å². The first-order chi connectivity index (χ1) is 18.9. The second-order valence-electron chi connectivity index (χ2n) is 8.23. The fourth-order valence-electron chi connectivity index (χ4n) is 3.82. The van der Waals surface area contributed by atoms with Gasteiger partial charge in [0.25, 0.3) is 0 Å². The molecular formula is C24H32N4O10S2. The number of ether oxygens (including phenoxy) is 5. The maximum atomic E-state index is 12.4. The van der Waals surface area contributed by atoms with Gasteiger partial charge in [0, 0.05) is 34.6 Å². The van der Waals surface area contributed by atoms with Gasteiger partial charge < -0.3 is 23.7 Å². The third-order valence-electron chi connectivity index (χ3n) is 5.10. The van der Waals surface area contributed by atoms with Gasteiger partial charge >= 0.3 is 29.8 Å². The summed E-state index contributed by atoms with van der Waals surface area (Å²) in [5.74, 6) is -3.37. The van der Waals surface area contributed by atoms with Gasteiger partial charge in [0.2, 0.25) is 0 Å². The normalized spacial score (nSPS) is 14.8. The maximum Gasteiger partial charge on any atom is 0.303 e. The van der Waals surface area contributed by atoms with Crippen LogP contribution in [0.1, 0.15) is 46.9 Å². The van der Waals surface area contributed by atoms with Crippen LogP contribution in [-0.4, -0.2) is 92.4 Å². The Morgan fingerprint density at radius 1 is 0.800 bits per heavy atom. The molecule has 14 nitrogen and oxygen atoms in total. The van der Waals surface area contributed by atoms with Crippen molar-refractivity contribution < 1.29 is 47.7 Å². The van der Waals surface area contributed by atoms with Crippen LogP contribution in [0.2, 0.25) is 0 Å². The zero-order valence-electron chi connectivity index (χ0n) is 23.1. The maximum absolute atomic E-state index is 12.4. The Morgan fingerprint density at radius 3 is 1.90 bits per heavy atom. The van der Waals surface area contributed by atoms with Gasteiger partial charge in [0.1, 0.15) is 28.9 Å². The molecule has 5 atom stereocenters. The first-order valence-electron chi connectivity index (χ1n) is 12.0. The molecule has 0 N–H and O–H groups in total. The fraction of sp³-hybridized carbons (Fsp3) is 0.583. The van der Waals surface area contributed by atoms with Crippen LogP contribution in [0.4, 0.5) is 0 Å². The fourth-order valence-corrected chi connectivity index (χ4v) is 5.36. The molecule has 0 aliphatic heterocycles. The summed E-state index contributed by atoms with van der Waals surface area (Å²) in [5, 5.41) is -0.226. The summed E-state index contributed by atoms with van der Waals surface area (Å²) < 4.78 is 28.9. The Balaban J connectivity index is 2.78. The molecule has 220 valence electrons. The molecule has 2 aromatic rings. The van der Waals surface area contributed by atoms with Crippen LogP contribution in [0.5, 0.6) is 0 Å². The van der Waals surface area contributed by atoms with Crippen LogP contribution in [0.25, 0.3) is 11.2 Å². The minimum absolute atomic E-state index is 0.407. The highest BCUT2D eigenvalue weighted by atomic mass is 32.2. The average molecular weight is 601 g/mol. The van der Waals surface area contributed by atoms with Crippen molar-refractivity contribution in [2.24, 2.45) is 0 Å². The topological polar surface area (TPSA) is 175 Å². The summed E-state index contributed by atoms with van der Waals surface area (Å²) in [6.45, 7) is 6.93. The zero-order valence-corrected chi connectivity index (χ0v) is 24.8. The third-order valence-corrected chi connectivity index (χ3v) is 6.96. The number of thioether (sulfide) groups is 2. The summed E-state index contributed by atoms with van der Waals surface area (Å²) >= 11 is 2.67. The minimum atomic E-state index is -1.56. The lowest BCUT2D eigenvalue weighted by Gasteiger charge is -2.38. The number of hydrogen-bond donors (Lipinski definition) is 0. The summed E-state index contributed by atoms with van der Waals surface area (Å²) in [5.41, 5.74) is 0.899. The number of nitrogens with zero attached hydrogens (tertiary/aromatic N) is 4. The molecule has 0 saturated carbocycles. The van der Waals surface area contributed by atoms with Crippen molar-refractivity contribution in [3.8, 4) is 0 Å². The molecule has 0 bridgehead atoms. The van der Waals surface area contributed by atoms with E-state index in [2.05, 4.69) is 15.0 Å². The molecule has 0 saturated heterocycles. The number of esters is 5. The van der Waals surface area contributed by atoms with E-state index in [1.807, 2.05) is 13.2 Å². The number of aromatic nitrogens is 4. The smallest absolute Gasteiger partial charge is 0.303 e. The Kier molecular flexibility index (Phi) is 12.6. The number of fused-ring (bicyclic) bond motifs is 1. The molecule has 40 heavy (non-hydrogen) atoms. The van der Waals surface area contributed by atoms with Gasteiger partial charge in [0.15, 0.2) is 30.1 Å². The lowest BCUT2D eigenvalue weighted by molar-refractivity contribution is -0.203. The lowest BCUT2D eigenvalue weighted by Crippen LogP contribution is -2.54. The minimum Gasteiger partial charge on any atom is -0.462 e. The Bertz CT molecular complexity index is 1220. The monoisotopic (exact) mass is 600 g/mol. The highest BCUT2D eigenvalue weighted by molar-refractivity contribution is 7.99. The second-order valence-corrected chi connectivity index (χ2v) is 10.4. The molecule has 0 aromatic carbocycles. The SMILES string of the molecule is CCSC(C(OC(C)=O)C(OC(C)=O)C(OC(C)=O)C(COC(C)=O)OC(C)=O)n1cnc2c(SC)ncnc21. The lowest BCUT2D eigenvalue weighted by atomic mass is 10.0. The van der Waals surface area contributed by atoms with E-state index in [1.54, 1.807) is 4.57 Å². The third kappa shape index (κ3) is 9.08. The molecule has 0 amide bonds. The van der Waals surface area contributed by atoms with Crippen molar-refractivity contribution in [1.82, 2.24) is 19.5 Å². The number of hydrogen-bond acceptors (Lipinski definition) is 15. The average Bonchev–Trinajstić information content (AvgIpc) is 3.29. The van der Waals surface area contributed by atoms with E-state index in [9.17, 15) is 24.0 Å². The summed E-state index contributed by atoms with van der Waals surface area (Å²) in [4.78, 5) is 73.6. The predicted molar refractivity (Wildman–Crippen MR) is 143 cm³/mol. The molecule has 2 heterocycles. The quantitative estimate of drug-likeness (QED) is 0.133. The van der Waals surface area contributed by atoms with Crippen LogP contribution >= 0.6 is 23.5 Å². The predicted octanol–water partition coefficient (Wildman–Crippen LogP) is 2.09. The van der Waals surface area contributed by atoms with Crippen molar-refractivity contribution >= 4 is 64.5 Å². The van der Waals surface area contributed by atoms with Gasteiger partial charge in [-0.3, -0.25) is 28.5 Å². The second kappa shape index (κ2) is 15.4. The van der Waals surface area contributed by atoms with Crippen LogP contribution < -0.4 is 0 Å². The van der Waals surface area contributed by atoms with Gasteiger partial charge in [-0.15, -0.1) is 23.5 Å². The Labute approximate surface area is 239 Å². The number of carbonyl (C=O) groups is 5. The highest BCUT2D eigenvalue weighted by Crippen LogP contribution is 2.37. The molecule has 0 fully saturated rings. The van der Waals surface area contributed by atoms with Gasteiger partial charge in [-0.25, -0.2) is 15.0 Å². The van der Waals surface area contributed by atoms with Crippen LogP contribution in [0.3, 0.4) is 0 Å². The van der Waals surface area contributed by atoms with E-state index in [-0.39, 0.29) is 0 Å². The Hall–Kier alpha value is -3.40.